The highest BCUT2D eigenvalue weighted by Crippen LogP contribution is 2.10. The van der Waals surface area contributed by atoms with Gasteiger partial charge in [0.05, 0.1) is 25.2 Å². The molecular formula is C14H29NO4. The number of carbonyl (C=O) groups is 1. The van der Waals surface area contributed by atoms with Crippen LogP contribution in [0, 0.1) is 5.92 Å². The minimum absolute atomic E-state index is 0.0630. The maximum atomic E-state index is 11.2. The van der Waals surface area contributed by atoms with E-state index < -0.39 is 12.2 Å². The van der Waals surface area contributed by atoms with Gasteiger partial charge >= 0.3 is 5.97 Å². The van der Waals surface area contributed by atoms with Gasteiger partial charge in [0, 0.05) is 13.1 Å². The van der Waals surface area contributed by atoms with Crippen LogP contribution in [0.1, 0.15) is 40.0 Å². The fraction of sp³-hybridized carbons (Fsp3) is 0.929. The van der Waals surface area contributed by atoms with Crippen molar-refractivity contribution in [1.29, 1.82) is 0 Å². The summed E-state index contributed by atoms with van der Waals surface area (Å²) in [5.74, 6) is -0.225. The standard InChI is InChI=1S/C14H29NO4/c1-11(14(18)19-4)7-5-6-8-15(9-12(2)16)10-13(3)17/h11-13,16-17H,5-10H2,1-4H3/t11-,12+,13+/m0/s1. The Morgan fingerprint density at radius 1 is 1.11 bits per heavy atom. The van der Waals surface area contributed by atoms with Crippen LogP contribution in [0.4, 0.5) is 0 Å². The molecular weight excluding hydrogens is 246 g/mol. The molecule has 3 atom stereocenters. The molecule has 114 valence electrons. The van der Waals surface area contributed by atoms with Crippen molar-refractivity contribution in [3.63, 3.8) is 0 Å². The lowest BCUT2D eigenvalue weighted by atomic mass is 10.0. The number of aliphatic hydroxyl groups excluding tert-OH is 2. The average Bonchev–Trinajstić information content (AvgIpc) is 2.31. The van der Waals surface area contributed by atoms with Crippen LogP contribution in [0.25, 0.3) is 0 Å². The van der Waals surface area contributed by atoms with E-state index in [-0.39, 0.29) is 11.9 Å². The van der Waals surface area contributed by atoms with E-state index in [1.807, 2.05) is 6.92 Å². The number of nitrogens with zero attached hydrogens (tertiary/aromatic N) is 1. The van der Waals surface area contributed by atoms with Gasteiger partial charge in [0.15, 0.2) is 0 Å². The van der Waals surface area contributed by atoms with E-state index in [1.165, 1.54) is 7.11 Å². The highest BCUT2D eigenvalue weighted by Gasteiger charge is 2.14. The molecule has 0 aromatic heterocycles. The molecule has 0 aromatic carbocycles. The van der Waals surface area contributed by atoms with Crippen molar-refractivity contribution in [2.45, 2.75) is 52.2 Å². The molecule has 0 aromatic rings. The van der Waals surface area contributed by atoms with E-state index in [1.54, 1.807) is 13.8 Å². The summed E-state index contributed by atoms with van der Waals surface area (Å²) < 4.78 is 4.68. The van der Waals surface area contributed by atoms with Gasteiger partial charge in [-0.3, -0.25) is 9.69 Å². The summed E-state index contributed by atoms with van der Waals surface area (Å²) in [5, 5.41) is 18.8. The number of ether oxygens (including phenoxy) is 1. The molecule has 0 saturated heterocycles. The SMILES string of the molecule is COC(=O)[C@@H](C)CCCCN(C[C@@H](C)O)C[C@@H](C)O. The number of unbranched alkanes of at least 4 members (excludes halogenated alkanes) is 1. The van der Waals surface area contributed by atoms with Crippen LogP contribution in [0.3, 0.4) is 0 Å². The normalized spacial score (nSPS) is 16.2. The van der Waals surface area contributed by atoms with E-state index >= 15 is 0 Å². The smallest absolute Gasteiger partial charge is 0.308 e. The molecule has 0 spiro atoms. The Bertz CT molecular complexity index is 234. The number of carbonyl (C=O) groups excluding carboxylic acids is 1. The molecule has 0 aliphatic heterocycles. The predicted octanol–water partition coefficient (Wildman–Crippen LogP) is 1.03. The molecule has 0 fully saturated rings. The Morgan fingerprint density at radius 3 is 2.05 bits per heavy atom. The fourth-order valence-electron chi connectivity index (χ4n) is 2.11. The Morgan fingerprint density at radius 2 is 1.63 bits per heavy atom. The Labute approximate surface area is 116 Å². The molecule has 0 amide bonds. The van der Waals surface area contributed by atoms with Crippen LogP contribution >= 0.6 is 0 Å². The third-order valence-corrected chi connectivity index (χ3v) is 3.01. The van der Waals surface area contributed by atoms with Crippen molar-refractivity contribution < 1.29 is 19.7 Å². The lowest BCUT2D eigenvalue weighted by Crippen LogP contribution is -2.37. The van der Waals surface area contributed by atoms with Gasteiger partial charge in [-0.1, -0.05) is 13.3 Å². The molecule has 0 aliphatic carbocycles. The second-order valence-corrected chi connectivity index (χ2v) is 5.38. The van der Waals surface area contributed by atoms with E-state index in [2.05, 4.69) is 9.64 Å². The number of hydrogen-bond acceptors (Lipinski definition) is 5. The van der Waals surface area contributed by atoms with E-state index in [0.717, 1.165) is 25.8 Å². The molecule has 0 aliphatic rings. The van der Waals surface area contributed by atoms with Crippen molar-refractivity contribution in [1.82, 2.24) is 4.90 Å². The zero-order valence-electron chi connectivity index (χ0n) is 12.6. The quantitative estimate of drug-likeness (QED) is 0.460. The van der Waals surface area contributed by atoms with Crippen LogP contribution < -0.4 is 0 Å². The molecule has 2 N–H and O–H groups in total. The van der Waals surface area contributed by atoms with Crippen LogP contribution in [0.15, 0.2) is 0 Å². The first kappa shape index (κ1) is 18.4. The van der Waals surface area contributed by atoms with Crippen molar-refractivity contribution in [3.05, 3.63) is 0 Å². The fourth-order valence-corrected chi connectivity index (χ4v) is 2.11. The summed E-state index contributed by atoms with van der Waals surface area (Å²) in [7, 11) is 1.41. The number of esters is 1. The Balaban J connectivity index is 3.88. The summed E-state index contributed by atoms with van der Waals surface area (Å²) in [6.45, 7) is 7.32. The summed E-state index contributed by atoms with van der Waals surface area (Å²) in [6, 6.07) is 0. The lowest BCUT2D eigenvalue weighted by Gasteiger charge is -2.25. The molecule has 19 heavy (non-hydrogen) atoms. The molecule has 0 bridgehead atoms. The van der Waals surface area contributed by atoms with Gasteiger partial charge in [-0.2, -0.15) is 0 Å². The number of rotatable bonds is 10. The molecule has 0 radical (unpaired) electrons. The van der Waals surface area contributed by atoms with E-state index in [9.17, 15) is 15.0 Å². The van der Waals surface area contributed by atoms with Crippen molar-refractivity contribution in [2.24, 2.45) is 5.92 Å². The maximum Gasteiger partial charge on any atom is 0.308 e. The van der Waals surface area contributed by atoms with Crippen LogP contribution in [-0.2, 0) is 9.53 Å². The molecule has 5 nitrogen and oxygen atoms in total. The molecule has 0 rings (SSSR count). The third-order valence-electron chi connectivity index (χ3n) is 3.01. The summed E-state index contributed by atoms with van der Waals surface area (Å²) >= 11 is 0. The number of aliphatic hydroxyl groups is 2. The van der Waals surface area contributed by atoms with Gasteiger partial charge in [0.25, 0.3) is 0 Å². The predicted molar refractivity (Wildman–Crippen MR) is 74.8 cm³/mol. The van der Waals surface area contributed by atoms with Gasteiger partial charge in [0.1, 0.15) is 0 Å². The van der Waals surface area contributed by atoms with Gasteiger partial charge in [0.2, 0.25) is 0 Å². The molecule has 0 unspecified atom stereocenters. The zero-order valence-corrected chi connectivity index (χ0v) is 12.6. The average molecular weight is 275 g/mol. The minimum Gasteiger partial charge on any atom is -0.469 e. The number of hydrogen-bond donors (Lipinski definition) is 2. The van der Waals surface area contributed by atoms with Crippen LogP contribution in [0.5, 0.6) is 0 Å². The Hall–Kier alpha value is -0.650. The van der Waals surface area contributed by atoms with E-state index in [4.69, 9.17) is 0 Å². The number of methoxy groups -OCH3 is 1. The van der Waals surface area contributed by atoms with Crippen LogP contribution in [-0.4, -0.2) is 60.0 Å². The maximum absolute atomic E-state index is 11.2. The van der Waals surface area contributed by atoms with Crippen molar-refractivity contribution in [3.8, 4) is 0 Å². The topological polar surface area (TPSA) is 70.0 Å². The first-order valence-electron chi connectivity index (χ1n) is 7.03. The summed E-state index contributed by atoms with van der Waals surface area (Å²) in [4.78, 5) is 13.3. The van der Waals surface area contributed by atoms with E-state index in [0.29, 0.717) is 13.1 Å². The third kappa shape index (κ3) is 9.87. The first-order chi connectivity index (χ1) is 8.86. The molecule has 0 saturated carbocycles. The second kappa shape index (κ2) is 10.2. The van der Waals surface area contributed by atoms with Gasteiger partial charge in [-0.25, -0.2) is 0 Å². The van der Waals surface area contributed by atoms with Crippen molar-refractivity contribution >= 4 is 5.97 Å². The zero-order chi connectivity index (χ0) is 14.8. The highest BCUT2D eigenvalue weighted by molar-refractivity contribution is 5.71. The molecule has 0 heterocycles. The monoisotopic (exact) mass is 275 g/mol. The van der Waals surface area contributed by atoms with Crippen LogP contribution in [0.2, 0.25) is 0 Å². The van der Waals surface area contributed by atoms with Crippen molar-refractivity contribution in [2.75, 3.05) is 26.7 Å². The molecule has 5 heteroatoms. The van der Waals surface area contributed by atoms with Gasteiger partial charge in [-0.05, 0) is 33.2 Å². The lowest BCUT2D eigenvalue weighted by molar-refractivity contribution is -0.145. The minimum atomic E-state index is -0.396. The second-order valence-electron chi connectivity index (χ2n) is 5.38. The summed E-state index contributed by atoms with van der Waals surface area (Å²) in [6.07, 6.45) is 1.90. The van der Waals surface area contributed by atoms with Gasteiger partial charge < -0.3 is 14.9 Å². The van der Waals surface area contributed by atoms with Gasteiger partial charge in [-0.15, -0.1) is 0 Å². The first-order valence-corrected chi connectivity index (χ1v) is 7.03. The summed E-state index contributed by atoms with van der Waals surface area (Å²) in [5.41, 5.74) is 0. The Kier molecular flexibility index (Phi) is 9.83. The highest BCUT2D eigenvalue weighted by atomic mass is 16.5. The largest absolute Gasteiger partial charge is 0.469 e.